The predicted octanol–water partition coefficient (Wildman–Crippen LogP) is 7.78. The molecule has 6 aliphatic rings. The highest BCUT2D eigenvalue weighted by Crippen LogP contribution is 2.89. The monoisotopic (exact) mass is 596 g/mol. The summed E-state index contributed by atoms with van der Waals surface area (Å²) in [5.74, 6) is 1.26. The van der Waals surface area contributed by atoms with Gasteiger partial charge in [0.2, 0.25) is 0 Å². The summed E-state index contributed by atoms with van der Waals surface area (Å²) in [4.78, 5) is 13.3. The number of ether oxygens (including phenoxy) is 2. The Morgan fingerprint density at radius 2 is 1.98 bits per heavy atom. The summed E-state index contributed by atoms with van der Waals surface area (Å²) in [7, 11) is 1.51. The van der Waals surface area contributed by atoms with E-state index < -0.39 is 6.10 Å². The maximum Gasteiger partial charge on any atom is 0.309 e. The van der Waals surface area contributed by atoms with E-state index in [1.165, 1.54) is 18.2 Å². The molecule has 0 spiro atoms. The molecule has 1 saturated heterocycles. The Morgan fingerprint density at radius 1 is 1.18 bits per heavy atom. The summed E-state index contributed by atoms with van der Waals surface area (Å²) in [6, 6.07) is 12.7. The third kappa shape index (κ3) is 3.52. The smallest absolute Gasteiger partial charge is 0.309 e. The van der Waals surface area contributed by atoms with Crippen LogP contribution in [0.1, 0.15) is 82.3 Å². The zero-order chi connectivity index (χ0) is 30.7. The van der Waals surface area contributed by atoms with Gasteiger partial charge in [0.25, 0.3) is 0 Å². The number of aliphatic hydroxyl groups is 1. The molecule has 11 atom stereocenters. The van der Waals surface area contributed by atoms with E-state index in [1.54, 1.807) is 6.26 Å². The lowest BCUT2D eigenvalue weighted by Crippen LogP contribution is -2.64. The van der Waals surface area contributed by atoms with Crippen molar-refractivity contribution in [1.82, 2.24) is 0 Å². The lowest BCUT2D eigenvalue weighted by Gasteiger charge is -2.67. The summed E-state index contributed by atoms with van der Waals surface area (Å²) in [6.45, 7) is 10.0. The first kappa shape index (κ1) is 28.8. The quantitative estimate of drug-likeness (QED) is 0.282. The van der Waals surface area contributed by atoms with Gasteiger partial charge in [-0.1, -0.05) is 74.9 Å². The standard InChI is InChI=1S/C39H48O5/c1-24-17-27(43-21-24)19-28(34(41)42-5)29-12-16-39-22-38(29,39)15-13-31-35(2)14-11-26-18-30(25-9-7-6-8-10-25)44-23-36(26,3)32(35)20-33(40)37(31,39)4/h6-11,13,15,17,21,28-33,40H,12,14,16,18-20,22-23H2,1-5H3. The molecule has 44 heavy (non-hydrogen) atoms. The molecule has 0 amide bonds. The van der Waals surface area contributed by atoms with E-state index in [0.717, 1.165) is 49.8 Å². The third-order valence-corrected chi connectivity index (χ3v) is 14.5. The van der Waals surface area contributed by atoms with Crippen LogP contribution < -0.4 is 0 Å². The second-order valence-corrected chi connectivity index (χ2v) is 16.1. The molecule has 4 fully saturated rings. The average Bonchev–Trinajstić information content (AvgIpc) is 3.35. The number of hydrogen-bond donors (Lipinski definition) is 1. The number of rotatable bonds is 5. The Morgan fingerprint density at radius 3 is 2.70 bits per heavy atom. The van der Waals surface area contributed by atoms with Gasteiger partial charge >= 0.3 is 5.97 Å². The zero-order valence-corrected chi connectivity index (χ0v) is 27.0. The average molecular weight is 597 g/mol. The Kier molecular flexibility index (Phi) is 6.19. The van der Waals surface area contributed by atoms with Crippen molar-refractivity contribution in [1.29, 1.82) is 0 Å². The van der Waals surface area contributed by atoms with E-state index in [0.29, 0.717) is 18.9 Å². The van der Waals surface area contributed by atoms with Crippen molar-refractivity contribution in [3.8, 4) is 0 Å². The van der Waals surface area contributed by atoms with E-state index >= 15 is 0 Å². The molecular formula is C39H48O5. The van der Waals surface area contributed by atoms with Gasteiger partial charge in [0, 0.05) is 17.3 Å². The minimum atomic E-state index is -0.400. The van der Waals surface area contributed by atoms with Gasteiger partial charge in [-0.25, -0.2) is 0 Å². The first-order valence-corrected chi connectivity index (χ1v) is 16.9. The molecule has 5 nitrogen and oxygen atoms in total. The molecule has 2 heterocycles. The number of esters is 1. The Balaban J connectivity index is 1.13. The molecule has 0 radical (unpaired) electrons. The van der Waals surface area contributed by atoms with Crippen molar-refractivity contribution in [3.05, 3.63) is 83.3 Å². The van der Waals surface area contributed by atoms with Crippen LogP contribution in [0.15, 0.2) is 70.9 Å². The van der Waals surface area contributed by atoms with Gasteiger partial charge in [0.15, 0.2) is 0 Å². The van der Waals surface area contributed by atoms with Gasteiger partial charge in [-0.05, 0) is 96.6 Å². The molecule has 0 bridgehead atoms. The van der Waals surface area contributed by atoms with Gasteiger partial charge in [-0.15, -0.1) is 0 Å². The number of aryl methyl sites for hydroxylation is 1. The lowest BCUT2D eigenvalue weighted by molar-refractivity contribution is -0.199. The number of allylic oxidation sites excluding steroid dienone is 3. The number of carbonyl (C=O) groups excluding carboxylic acids is 1. The molecule has 5 heteroatoms. The zero-order valence-electron chi connectivity index (χ0n) is 27.0. The molecule has 234 valence electrons. The predicted molar refractivity (Wildman–Crippen MR) is 168 cm³/mol. The number of carbonyl (C=O) groups is 1. The lowest BCUT2D eigenvalue weighted by atomic mass is 9.38. The summed E-state index contributed by atoms with van der Waals surface area (Å²) in [5, 5.41) is 12.4. The van der Waals surface area contributed by atoms with Gasteiger partial charge in [0.05, 0.1) is 38.1 Å². The fourth-order valence-electron chi connectivity index (χ4n) is 12.3. The maximum absolute atomic E-state index is 13.3. The van der Waals surface area contributed by atoms with Crippen molar-refractivity contribution in [2.24, 2.45) is 50.7 Å². The Bertz CT molecular complexity index is 1540. The third-order valence-electron chi connectivity index (χ3n) is 14.5. The van der Waals surface area contributed by atoms with Crippen LogP contribution >= 0.6 is 0 Å². The first-order valence-electron chi connectivity index (χ1n) is 16.9. The summed E-state index contributed by atoms with van der Waals surface area (Å²) >= 11 is 0. The summed E-state index contributed by atoms with van der Waals surface area (Å²) < 4.78 is 17.9. The van der Waals surface area contributed by atoms with Gasteiger partial charge in [0.1, 0.15) is 5.76 Å². The van der Waals surface area contributed by atoms with Gasteiger partial charge < -0.3 is 19.0 Å². The minimum absolute atomic E-state index is 0.00913. The van der Waals surface area contributed by atoms with Crippen LogP contribution in [0.3, 0.4) is 0 Å². The van der Waals surface area contributed by atoms with Crippen molar-refractivity contribution in [2.75, 3.05) is 13.7 Å². The number of furan rings is 1. The van der Waals surface area contributed by atoms with E-state index in [2.05, 4.69) is 69.3 Å². The van der Waals surface area contributed by atoms with Crippen LogP contribution in [-0.4, -0.2) is 30.9 Å². The van der Waals surface area contributed by atoms with E-state index in [-0.39, 0.29) is 56.9 Å². The summed E-state index contributed by atoms with van der Waals surface area (Å²) in [6.07, 6.45) is 15.5. The number of aliphatic hydroxyl groups excluding tert-OH is 1. The van der Waals surface area contributed by atoms with Crippen LogP contribution in [0.4, 0.5) is 0 Å². The van der Waals surface area contributed by atoms with Crippen LogP contribution in [0.25, 0.3) is 0 Å². The maximum atomic E-state index is 13.3. The topological polar surface area (TPSA) is 68.9 Å². The van der Waals surface area contributed by atoms with Crippen molar-refractivity contribution < 1.29 is 23.8 Å². The van der Waals surface area contributed by atoms with Crippen LogP contribution in [0.2, 0.25) is 0 Å². The van der Waals surface area contributed by atoms with Crippen LogP contribution in [0, 0.1) is 57.7 Å². The van der Waals surface area contributed by atoms with Crippen molar-refractivity contribution in [3.63, 3.8) is 0 Å². The van der Waals surface area contributed by atoms with Crippen LogP contribution in [0.5, 0.6) is 0 Å². The highest BCUT2D eigenvalue weighted by molar-refractivity contribution is 5.73. The van der Waals surface area contributed by atoms with E-state index in [1.807, 2.05) is 13.0 Å². The molecule has 2 aromatic rings. The second-order valence-electron chi connectivity index (χ2n) is 16.1. The van der Waals surface area contributed by atoms with Gasteiger partial charge in [-0.2, -0.15) is 0 Å². The molecule has 1 N–H and O–H groups in total. The Hall–Kier alpha value is -2.63. The first-order chi connectivity index (χ1) is 21.0. The molecule has 11 unspecified atom stereocenters. The number of benzene rings is 1. The second kappa shape index (κ2) is 9.45. The molecule has 8 rings (SSSR count). The highest BCUT2D eigenvalue weighted by Gasteiger charge is 2.84. The SMILES string of the molecule is COC(=O)C(Cc1cc(C)co1)C1CCC23CC12C=CC1C2(C)CC=C4CC(c5ccccc5)OCC4(C)C2CC(O)C13C. The Labute approximate surface area is 262 Å². The highest BCUT2D eigenvalue weighted by atomic mass is 16.5. The number of fused-ring (bicyclic) bond motifs is 5. The number of methoxy groups -OCH3 is 1. The van der Waals surface area contributed by atoms with E-state index in [4.69, 9.17) is 13.9 Å². The molecule has 1 aromatic carbocycles. The van der Waals surface area contributed by atoms with Crippen molar-refractivity contribution in [2.45, 2.75) is 84.8 Å². The molecular weight excluding hydrogens is 548 g/mol. The van der Waals surface area contributed by atoms with E-state index in [9.17, 15) is 9.90 Å². The molecule has 1 aromatic heterocycles. The molecule has 5 aliphatic carbocycles. The normalized spacial score (nSPS) is 45.6. The van der Waals surface area contributed by atoms with Crippen LogP contribution in [-0.2, 0) is 20.7 Å². The molecule has 3 saturated carbocycles. The number of hydrogen-bond acceptors (Lipinski definition) is 5. The van der Waals surface area contributed by atoms with Crippen molar-refractivity contribution >= 4 is 5.97 Å². The largest absolute Gasteiger partial charge is 0.469 e. The molecule has 1 aliphatic heterocycles. The fraction of sp³-hybridized carbons (Fsp3) is 0.615. The minimum Gasteiger partial charge on any atom is -0.469 e. The van der Waals surface area contributed by atoms with Gasteiger partial charge in [-0.3, -0.25) is 4.79 Å². The summed E-state index contributed by atoms with van der Waals surface area (Å²) in [5.41, 5.74) is 3.49. The fourth-order valence-corrected chi connectivity index (χ4v) is 12.3.